The van der Waals surface area contributed by atoms with E-state index in [4.69, 9.17) is 0 Å². The molecule has 0 N–H and O–H groups in total. The molecule has 3 nitrogen and oxygen atoms in total. The summed E-state index contributed by atoms with van der Waals surface area (Å²) in [4.78, 5) is 0.358. The van der Waals surface area contributed by atoms with Gasteiger partial charge in [-0.05, 0) is 48.6 Å². The fourth-order valence-corrected chi connectivity index (χ4v) is 5.21. The smallest absolute Gasteiger partial charge is 0.207 e. The van der Waals surface area contributed by atoms with Crippen molar-refractivity contribution in [1.82, 2.24) is 4.31 Å². The quantitative estimate of drug-likeness (QED) is 0.585. The van der Waals surface area contributed by atoms with E-state index in [0.717, 1.165) is 24.8 Å². The average molecular weight is 396 g/mol. The Morgan fingerprint density at radius 3 is 2.43 bits per heavy atom. The molecule has 0 saturated carbocycles. The molecular formula is C24H29NO2S. The van der Waals surface area contributed by atoms with Gasteiger partial charge in [-0.25, -0.2) is 8.42 Å². The van der Waals surface area contributed by atoms with Gasteiger partial charge in [0.15, 0.2) is 0 Å². The Balaban J connectivity index is 2.00. The molecule has 1 aliphatic heterocycles. The van der Waals surface area contributed by atoms with Crippen molar-refractivity contribution < 1.29 is 8.42 Å². The maximum absolute atomic E-state index is 13.2. The third kappa shape index (κ3) is 4.29. The van der Waals surface area contributed by atoms with Crippen LogP contribution < -0.4 is 0 Å². The Bertz CT molecular complexity index is 944. The van der Waals surface area contributed by atoms with E-state index in [1.165, 1.54) is 16.7 Å². The second-order valence-corrected chi connectivity index (χ2v) is 9.36. The maximum atomic E-state index is 13.2. The van der Waals surface area contributed by atoms with Gasteiger partial charge in [-0.2, -0.15) is 4.31 Å². The molecule has 1 unspecified atom stereocenters. The van der Waals surface area contributed by atoms with Crippen LogP contribution in [-0.4, -0.2) is 25.8 Å². The Labute approximate surface area is 169 Å². The maximum Gasteiger partial charge on any atom is 0.243 e. The molecule has 0 aromatic heterocycles. The number of nitrogens with zero attached hydrogens (tertiary/aromatic N) is 1. The third-order valence-corrected chi connectivity index (χ3v) is 7.25. The van der Waals surface area contributed by atoms with Crippen molar-refractivity contribution in [3.8, 4) is 0 Å². The lowest BCUT2D eigenvalue weighted by Crippen LogP contribution is -2.28. The van der Waals surface area contributed by atoms with E-state index >= 15 is 0 Å². The molecule has 0 amide bonds. The molecule has 0 aliphatic carbocycles. The number of sulfonamides is 1. The van der Waals surface area contributed by atoms with Crippen molar-refractivity contribution in [3.05, 3.63) is 84.0 Å². The third-order valence-electron chi connectivity index (χ3n) is 5.43. The van der Waals surface area contributed by atoms with Crippen LogP contribution in [0.2, 0.25) is 0 Å². The van der Waals surface area contributed by atoms with Crippen LogP contribution >= 0.6 is 0 Å². The largest absolute Gasteiger partial charge is 0.243 e. The number of benzene rings is 2. The minimum Gasteiger partial charge on any atom is -0.207 e. The molecule has 2 aromatic carbocycles. The van der Waals surface area contributed by atoms with Gasteiger partial charge in [0.1, 0.15) is 0 Å². The summed E-state index contributed by atoms with van der Waals surface area (Å²) in [5.41, 5.74) is 4.70. The molecule has 4 heteroatoms. The summed E-state index contributed by atoms with van der Waals surface area (Å²) in [6, 6.07) is 17.4. The van der Waals surface area contributed by atoms with Crippen LogP contribution in [0.15, 0.2) is 77.7 Å². The highest BCUT2D eigenvalue weighted by Crippen LogP contribution is 2.36. The van der Waals surface area contributed by atoms with Crippen molar-refractivity contribution in [2.24, 2.45) is 5.92 Å². The van der Waals surface area contributed by atoms with E-state index in [2.05, 4.69) is 25.6 Å². The molecule has 0 spiro atoms. The summed E-state index contributed by atoms with van der Waals surface area (Å²) in [5.74, 6) is 0.0484. The van der Waals surface area contributed by atoms with Gasteiger partial charge in [0.25, 0.3) is 0 Å². The van der Waals surface area contributed by atoms with Crippen LogP contribution in [0.5, 0.6) is 0 Å². The van der Waals surface area contributed by atoms with Gasteiger partial charge >= 0.3 is 0 Å². The minimum atomic E-state index is -3.52. The van der Waals surface area contributed by atoms with E-state index in [1.54, 1.807) is 16.4 Å². The van der Waals surface area contributed by atoms with Gasteiger partial charge in [0, 0.05) is 19.0 Å². The topological polar surface area (TPSA) is 37.4 Å². The highest BCUT2D eigenvalue weighted by Gasteiger charge is 2.35. The monoisotopic (exact) mass is 395 g/mol. The number of hydrogen-bond acceptors (Lipinski definition) is 2. The first-order valence-corrected chi connectivity index (χ1v) is 11.4. The van der Waals surface area contributed by atoms with Crippen molar-refractivity contribution in [2.75, 3.05) is 13.1 Å². The van der Waals surface area contributed by atoms with Crippen LogP contribution in [0, 0.1) is 12.8 Å². The Kier molecular flexibility index (Phi) is 6.53. The lowest BCUT2D eigenvalue weighted by molar-refractivity contribution is 0.471. The summed E-state index contributed by atoms with van der Waals surface area (Å²) in [7, 11) is -3.52. The van der Waals surface area contributed by atoms with E-state index < -0.39 is 10.0 Å². The molecule has 1 atom stereocenters. The summed E-state index contributed by atoms with van der Waals surface area (Å²) in [6.07, 6.45) is 5.05. The van der Waals surface area contributed by atoms with Crippen molar-refractivity contribution in [2.45, 2.75) is 38.0 Å². The lowest BCUT2D eigenvalue weighted by Gasteiger charge is -2.16. The number of rotatable bonds is 7. The normalized spacial score (nSPS) is 19.6. The van der Waals surface area contributed by atoms with Crippen molar-refractivity contribution in [3.63, 3.8) is 0 Å². The molecule has 3 rings (SSSR count). The van der Waals surface area contributed by atoms with Crippen molar-refractivity contribution in [1.29, 1.82) is 0 Å². The second kappa shape index (κ2) is 8.89. The Hall–Kier alpha value is -2.17. The molecule has 0 bridgehead atoms. The van der Waals surface area contributed by atoms with E-state index in [9.17, 15) is 8.42 Å². The lowest BCUT2D eigenvalue weighted by atomic mass is 9.90. The van der Waals surface area contributed by atoms with Gasteiger partial charge < -0.3 is 0 Å². The van der Waals surface area contributed by atoms with Crippen LogP contribution in [-0.2, 0) is 10.0 Å². The van der Waals surface area contributed by atoms with E-state index in [0.29, 0.717) is 18.0 Å². The predicted octanol–water partition coefficient (Wildman–Crippen LogP) is 5.45. The molecule has 0 radical (unpaired) electrons. The van der Waals surface area contributed by atoms with Gasteiger partial charge in [-0.1, -0.05) is 67.4 Å². The van der Waals surface area contributed by atoms with Crippen LogP contribution in [0.25, 0.3) is 5.57 Å². The summed E-state index contributed by atoms with van der Waals surface area (Å²) in [5, 5.41) is 0. The van der Waals surface area contributed by atoms with Crippen LogP contribution in [0.4, 0.5) is 0 Å². The van der Waals surface area contributed by atoms with Gasteiger partial charge in [0.2, 0.25) is 10.0 Å². The zero-order chi connectivity index (χ0) is 20.1. The zero-order valence-corrected chi connectivity index (χ0v) is 17.6. The first kappa shape index (κ1) is 20.6. The summed E-state index contributed by atoms with van der Waals surface area (Å²) >= 11 is 0. The fourth-order valence-electron chi connectivity index (χ4n) is 3.76. The summed E-state index contributed by atoms with van der Waals surface area (Å²) in [6.45, 7) is 9.02. The highest BCUT2D eigenvalue weighted by molar-refractivity contribution is 7.89. The van der Waals surface area contributed by atoms with Gasteiger partial charge in [-0.3, -0.25) is 0 Å². The minimum absolute atomic E-state index is 0.0484. The van der Waals surface area contributed by atoms with Gasteiger partial charge in [-0.15, -0.1) is 6.58 Å². The van der Waals surface area contributed by atoms with Crippen LogP contribution in [0.3, 0.4) is 0 Å². The molecule has 148 valence electrons. The molecule has 1 aliphatic rings. The highest BCUT2D eigenvalue weighted by atomic mass is 32.2. The summed E-state index contributed by atoms with van der Waals surface area (Å²) < 4.78 is 28.0. The standard InChI is InChI=1S/C24H29NO2S/c1-4-6-12-23(21-10-8-7-9-11-21)24-18-25(17-20(24)5-2)28(26,27)22-15-13-19(3)14-16-22/h5,7-11,13-16,20H,2,4,6,12,17-18H2,1,3H3/b24-23+. The van der Waals surface area contributed by atoms with E-state index in [1.807, 2.05) is 43.3 Å². The number of allylic oxidation sites excluding steroid dienone is 1. The average Bonchev–Trinajstić information content (AvgIpc) is 3.14. The molecule has 1 fully saturated rings. The van der Waals surface area contributed by atoms with Crippen molar-refractivity contribution >= 4 is 15.6 Å². The predicted molar refractivity (Wildman–Crippen MR) is 117 cm³/mol. The zero-order valence-electron chi connectivity index (χ0n) is 16.8. The van der Waals surface area contributed by atoms with Crippen LogP contribution in [0.1, 0.15) is 37.3 Å². The van der Waals surface area contributed by atoms with Gasteiger partial charge in [0.05, 0.1) is 4.90 Å². The SMILES string of the molecule is C=CC1CN(S(=O)(=O)c2ccc(C)cc2)C/C1=C(/CCCC)c1ccccc1. The molecule has 1 saturated heterocycles. The fraction of sp³-hybridized carbons (Fsp3) is 0.333. The Morgan fingerprint density at radius 1 is 1.14 bits per heavy atom. The second-order valence-electron chi connectivity index (χ2n) is 7.43. The first-order chi connectivity index (χ1) is 13.5. The molecule has 1 heterocycles. The molecule has 28 heavy (non-hydrogen) atoms. The molecule has 2 aromatic rings. The molecular weight excluding hydrogens is 366 g/mol. The number of unbranched alkanes of at least 4 members (excludes halogenated alkanes) is 1. The number of hydrogen-bond donors (Lipinski definition) is 0. The first-order valence-electron chi connectivity index (χ1n) is 9.94. The van der Waals surface area contributed by atoms with E-state index in [-0.39, 0.29) is 5.92 Å². The number of aryl methyl sites for hydroxylation is 1. The Morgan fingerprint density at radius 2 is 1.82 bits per heavy atom.